The van der Waals surface area contributed by atoms with Gasteiger partial charge in [0.1, 0.15) is 12.1 Å². The number of carbonyl (C=O) groups is 1. The van der Waals surface area contributed by atoms with Gasteiger partial charge in [0.25, 0.3) is 5.56 Å². The maximum Gasteiger partial charge on any atom is 0.257 e. The molecule has 5 rings (SSSR count). The molecule has 158 valence electrons. The van der Waals surface area contributed by atoms with Crippen molar-refractivity contribution >= 4 is 23.5 Å². The number of hydrogen-bond acceptors (Lipinski definition) is 7. The first-order valence-electron chi connectivity index (χ1n) is 10.4. The van der Waals surface area contributed by atoms with Crippen LogP contribution in [0.1, 0.15) is 29.4 Å². The van der Waals surface area contributed by atoms with E-state index in [-0.39, 0.29) is 17.5 Å². The lowest BCUT2D eigenvalue weighted by Crippen LogP contribution is -2.36. The molecule has 9 heteroatoms. The van der Waals surface area contributed by atoms with E-state index in [2.05, 4.69) is 19.9 Å². The monoisotopic (exact) mass is 426 g/mol. The predicted molar refractivity (Wildman–Crippen MR) is 115 cm³/mol. The minimum Gasteiger partial charge on any atom is -0.356 e. The van der Waals surface area contributed by atoms with E-state index >= 15 is 0 Å². The molecular formula is C21H26N6O2S. The zero-order valence-corrected chi connectivity index (χ0v) is 18.4. The molecule has 3 aliphatic heterocycles. The van der Waals surface area contributed by atoms with Crippen molar-refractivity contribution in [2.75, 3.05) is 36.8 Å². The summed E-state index contributed by atoms with van der Waals surface area (Å²) in [5, 5.41) is 0.745. The van der Waals surface area contributed by atoms with Crippen molar-refractivity contribution < 1.29 is 4.79 Å². The normalized spacial score (nSPS) is 25.0. The Morgan fingerprint density at radius 2 is 1.87 bits per heavy atom. The fourth-order valence-corrected chi connectivity index (χ4v) is 6.03. The second-order valence-electron chi connectivity index (χ2n) is 8.69. The summed E-state index contributed by atoms with van der Waals surface area (Å²) < 4.78 is 1.74. The number of anilines is 1. The van der Waals surface area contributed by atoms with Gasteiger partial charge in [0.2, 0.25) is 5.91 Å². The Bertz CT molecular complexity index is 1060. The van der Waals surface area contributed by atoms with Crippen molar-refractivity contribution in [3.8, 4) is 0 Å². The van der Waals surface area contributed by atoms with Gasteiger partial charge in [-0.05, 0) is 20.8 Å². The fraction of sp³-hybridized carbons (Fsp3) is 0.571. The van der Waals surface area contributed by atoms with Crippen LogP contribution < -0.4 is 10.5 Å². The number of hydrogen-bond donors (Lipinski definition) is 0. The third-order valence-corrected chi connectivity index (χ3v) is 7.78. The lowest BCUT2D eigenvalue weighted by Gasteiger charge is -2.24. The molecule has 3 atom stereocenters. The van der Waals surface area contributed by atoms with Crippen molar-refractivity contribution in [2.45, 2.75) is 38.4 Å². The number of aromatic nitrogens is 4. The summed E-state index contributed by atoms with van der Waals surface area (Å²) in [7, 11) is 0. The van der Waals surface area contributed by atoms with E-state index in [0.29, 0.717) is 23.8 Å². The van der Waals surface area contributed by atoms with Gasteiger partial charge in [0.15, 0.2) is 5.16 Å². The number of aryl methyl sites for hydroxylation is 2. The fourth-order valence-electron chi connectivity index (χ4n) is 4.85. The molecule has 30 heavy (non-hydrogen) atoms. The molecule has 0 saturated carbocycles. The quantitative estimate of drug-likeness (QED) is 0.689. The van der Waals surface area contributed by atoms with E-state index in [1.807, 2.05) is 31.7 Å². The summed E-state index contributed by atoms with van der Waals surface area (Å²) in [4.78, 5) is 43.2. The van der Waals surface area contributed by atoms with Crippen LogP contribution >= 0.6 is 11.8 Å². The molecule has 2 aromatic heterocycles. The molecule has 2 aromatic rings. The summed E-state index contributed by atoms with van der Waals surface area (Å²) >= 11 is 1.58. The topological polar surface area (TPSA) is 84.2 Å². The number of carbonyl (C=O) groups excluding carboxylic acids is 1. The number of rotatable bonds is 3. The zero-order valence-electron chi connectivity index (χ0n) is 17.5. The molecule has 1 amide bonds. The van der Waals surface area contributed by atoms with Crippen molar-refractivity contribution in [3.63, 3.8) is 0 Å². The highest BCUT2D eigenvalue weighted by Gasteiger charge is 2.42. The lowest BCUT2D eigenvalue weighted by atomic mass is 10.0. The van der Waals surface area contributed by atoms with E-state index in [1.165, 1.54) is 0 Å². The molecule has 2 saturated heterocycles. The molecule has 0 N–H and O–H groups in total. The highest BCUT2D eigenvalue weighted by molar-refractivity contribution is 7.99. The maximum absolute atomic E-state index is 13.0. The van der Waals surface area contributed by atoms with Crippen molar-refractivity contribution in [1.82, 2.24) is 24.4 Å². The molecular weight excluding hydrogens is 400 g/mol. The minimum absolute atomic E-state index is 0.00521. The number of nitrogens with zero attached hydrogens (tertiary/aromatic N) is 6. The van der Waals surface area contributed by atoms with Crippen LogP contribution in [0.5, 0.6) is 0 Å². The van der Waals surface area contributed by atoms with Gasteiger partial charge < -0.3 is 9.80 Å². The molecule has 0 spiro atoms. The summed E-state index contributed by atoms with van der Waals surface area (Å²) in [5.41, 5.74) is 2.42. The van der Waals surface area contributed by atoms with Gasteiger partial charge in [-0.25, -0.2) is 15.0 Å². The first kappa shape index (κ1) is 19.5. The predicted octanol–water partition coefficient (Wildman–Crippen LogP) is 1.59. The second-order valence-corrected chi connectivity index (χ2v) is 9.68. The van der Waals surface area contributed by atoms with Crippen LogP contribution in [-0.4, -0.2) is 62.3 Å². The largest absolute Gasteiger partial charge is 0.356 e. The summed E-state index contributed by atoms with van der Waals surface area (Å²) in [6.45, 7) is 9.08. The van der Waals surface area contributed by atoms with Gasteiger partial charge in [0.05, 0.1) is 6.04 Å². The van der Waals surface area contributed by atoms with E-state index in [1.54, 1.807) is 22.7 Å². The average molecular weight is 427 g/mol. The number of thioether (sulfide) groups is 1. The molecule has 0 bridgehead atoms. The SMILES string of the molecule is Cc1cc(N2CC3CN(C(=O)CC4CSc5nc(C)c(C)c(=O)n54)CC3C2)ncn1. The average Bonchev–Trinajstić information content (AvgIpc) is 3.39. The highest BCUT2D eigenvalue weighted by atomic mass is 32.2. The van der Waals surface area contributed by atoms with Gasteiger partial charge in [-0.15, -0.1) is 0 Å². The maximum atomic E-state index is 13.0. The summed E-state index contributed by atoms with van der Waals surface area (Å²) in [6.07, 6.45) is 1.99. The first-order chi connectivity index (χ1) is 14.4. The van der Waals surface area contributed by atoms with E-state index in [0.717, 1.165) is 54.3 Å². The Balaban J connectivity index is 1.24. The molecule has 3 aliphatic rings. The molecule has 0 aliphatic carbocycles. The van der Waals surface area contributed by atoms with E-state index in [4.69, 9.17) is 0 Å². The molecule has 3 unspecified atom stereocenters. The highest BCUT2D eigenvalue weighted by Crippen LogP contribution is 2.36. The number of likely N-dealkylation sites (tertiary alicyclic amines) is 1. The molecule has 0 radical (unpaired) electrons. The molecule has 2 fully saturated rings. The van der Waals surface area contributed by atoms with Crippen LogP contribution in [-0.2, 0) is 4.79 Å². The Kier molecular flexibility index (Phi) is 4.80. The van der Waals surface area contributed by atoms with Crippen LogP contribution in [0.2, 0.25) is 0 Å². The lowest BCUT2D eigenvalue weighted by molar-refractivity contribution is -0.131. The van der Waals surface area contributed by atoms with Crippen LogP contribution in [0.3, 0.4) is 0 Å². The van der Waals surface area contributed by atoms with E-state index < -0.39 is 0 Å². The van der Waals surface area contributed by atoms with Crippen LogP contribution in [0.4, 0.5) is 5.82 Å². The Labute approximate surface area is 179 Å². The van der Waals surface area contributed by atoms with Gasteiger partial charge in [-0.3, -0.25) is 14.2 Å². The smallest absolute Gasteiger partial charge is 0.257 e. The van der Waals surface area contributed by atoms with Gasteiger partial charge >= 0.3 is 0 Å². The molecule has 0 aromatic carbocycles. The zero-order chi connectivity index (χ0) is 21.0. The molecule has 5 heterocycles. The van der Waals surface area contributed by atoms with Crippen LogP contribution in [0, 0.1) is 32.6 Å². The van der Waals surface area contributed by atoms with Gasteiger partial charge in [-0.2, -0.15) is 0 Å². The standard InChI is InChI=1S/C21H26N6O2S/c1-12-4-18(23-11-22-12)25-6-15-8-26(9-16(15)7-25)19(28)5-17-10-30-21-24-14(3)13(2)20(29)27(17)21/h4,11,15-17H,5-10H2,1-3H3. The van der Waals surface area contributed by atoms with Crippen molar-refractivity contribution in [2.24, 2.45) is 11.8 Å². The third kappa shape index (κ3) is 3.29. The van der Waals surface area contributed by atoms with E-state index in [9.17, 15) is 9.59 Å². The molecule has 8 nitrogen and oxygen atoms in total. The Morgan fingerprint density at radius 1 is 1.13 bits per heavy atom. The minimum atomic E-state index is -0.0993. The van der Waals surface area contributed by atoms with Crippen LogP contribution in [0.15, 0.2) is 22.3 Å². The van der Waals surface area contributed by atoms with Crippen molar-refractivity contribution in [3.05, 3.63) is 39.7 Å². The van der Waals surface area contributed by atoms with Crippen LogP contribution in [0.25, 0.3) is 0 Å². The van der Waals surface area contributed by atoms with Crippen molar-refractivity contribution in [1.29, 1.82) is 0 Å². The number of amides is 1. The number of fused-ring (bicyclic) bond motifs is 2. The first-order valence-corrected chi connectivity index (χ1v) is 11.4. The second kappa shape index (κ2) is 7.37. The summed E-state index contributed by atoms with van der Waals surface area (Å²) in [5.74, 6) is 2.81. The van der Waals surface area contributed by atoms with Gasteiger partial charge in [0, 0.05) is 73.2 Å². The summed E-state index contributed by atoms with van der Waals surface area (Å²) in [6, 6.07) is 1.92. The Morgan fingerprint density at radius 3 is 2.57 bits per heavy atom. The van der Waals surface area contributed by atoms with Gasteiger partial charge in [-0.1, -0.05) is 11.8 Å². The Hall–Kier alpha value is -2.42. The third-order valence-electron chi connectivity index (χ3n) is 6.68.